The third-order valence-electron chi connectivity index (χ3n) is 6.08. The topological polar surface area (TPSA) is 6.48 Å². The van der Waals surface area contributed by atoms with Crippen molar-refractivity contribution in [1.29, 1.82) is 0 Å². The smallest absolute Gasteiger partial charge is 0.0224 e. The van der Waals surface area contributed by atoms with Gasteiger partial charge in [-0.15, -0.1) is 0 Å². The van der Waals surface area contributed by atoms with Crippen LogP contribution < -0.4 is 0 Å². The fourth-order valence-corrected chi connectivity index (χ4v) is 4.46. The van der Waals surface area contributed by atoms with Crippen LogP contribution in [0, 0.1) is 5.41 Å². The Balaban J connectivity index is 1.65. The molecule has 2 saturated heterocycles. The molecule has 0 N–H and O–H groups in total. The van der Waals surface area contributed by atoms with Crippen molar-refractivity contribution in [3.8, 4) is 0 Å². The Morgan fingerprint density at radius 2 is 1.94 bits per heavy atom. The second-order valence-electron chi connectivity index (χ2n) is 6.99. The Morgan fingerprint density at radius 1 is 1.11 bits per heavy atom. The summed E-state index contributed by atoms with van der Waals surface area (Å²) in [4.78, 5) is 5.64. The second kappa shape index (κ2) is 5.13. The molecule has 0 amide bonds. The summed E-state index contributed by atoms with van der Waals surface area (Å²) in [7, 11) is 0. The van der Waals surface area contributed by atoms with Crippen LogP contribution in [-0.2, 0) is 0 Å². The predicted molar refractivity (Wildman–Crippen MR) is 76.8 cm³/mol. The van der Waals surface area contributed by atoms with Crippen LogP contribution in [0.4, 0.5) is 0 Å². The SMILES string of the molecule is CCC1CN2CCCC2CN1CC1(CC)CCC1. The highest BCUT2D eigenvalue weighted by Crippen LogP contribution is 2.45. The van der Waals surface area contributed by atoms with Gasteiger partial charge in [-0.05, 0) is 50.5 Å². The molecule has 0 aromatic carbocycles. The van der Waals surface area contributed by atoms with Crippen molar-refractivity contribution < 1.29 is 0 Å². The molecule has 0 aromatic rings. The van der Waals surface area contributed by atoms with Crippen LogP contribution in [0.15, 0.2) is 0 Å². The lowest BCUT2D eigenvalue weighted by atomic mass is 9.66. The lowest BCUT2D eigenvalue weighted by Gasteiger charge is -2.50. The van der Waals surface area contributed by atoms with Gasteiger partial charge in [0, 0.05) is 31.7 Å². The molecule has 2 heteroatoms. The largest absolute Gasteiger partial charge is 0.298 e. The van der Waals surface area contributed by atoms with Gasteiger partial charge in [0.1, 0.15) is 0 Å². The van der Waals surface area contributed by atoms with Gasteiger partial charge in [-0.3, -0.25) is 9.80 Å². The molecule has 2 unspecified atom stereocenters. The van der Waals surface area contributed by atoms with Gasteiger partial charge in [-0.1, -0.05) is 20.3 Å². The van der Waals surface area contributed by atoms with Gasteiger partial charge in [0.2, 0.25) is 0 Å². The highest BCUT2D eigenvalue weighted by molar-refractivity contribution is 4.96. The number of hydrogen-bond donors (Lipinski definition) is 0. The van der Waals surface area contributed by atoms with Gasteiger partial charge in [0.25, 0.3) is 0 Å². The van der Waals surface area contributed by atoms with Crippen molar-refractivity contribution in [2.24, 2.45) is 5.41 Å². The maximum atomic E-state index is 2.87. The van der Waals surface area contributed by atoms with Crippen LogP contribution >= 0.6 is 0 Å². The van der Waals surface area contributed by atoms with Gasteiger partial charge in [0.05, 0.1) is 0 Å². The average molecular weight is 250 g/mol. The molecular formula is C16H30N2. The first-order valence-corrected chi connectivity index (χ1v) is 8.24. The van der Waals surface area contributed by atoms with E-state index < -0.39 is 0 Å². The third-order valence-corrected chi connectivity index (χ3v) is 6.08. The first-order chi connectivity index (χ1) is 8.76. The maximum Gasteiger partial charge on any atom is 0.0224 e. The zero-order valence-electron chi connectivity index (χ0n) is 12.3. The standard InChI is InChI=1S/C16H30N2/c1-3-14-11-17-10-5-7-15(17)12-18(14)13-16(4-2)8-6-9-16/h14-15H,3-13H2,1-2H3. The van der Waals surface area contributed by atoms with Crippen molar-refractivity contribution in [2.75, 3.05) is 26.2 Å². The van der Waals surface area contributed by atoms with E-state index >= 15 is 0 Å². The van der Waals surface area contributed by atoms with Gasteiger partial charge < -0.3 is 0 Å². The van der Waals surface area contributed by atoms with Crippen LogP contribution in [0.3, 0.4) is 0 Å². The van der Waals surface area contributed by atoms with Crippen LogP contribution in [0.2, 0.25) is 0 Å². The molecule has 2 aliphatic heterocycles. The van der Waals surface area contributed by atoms with Crippen molar-refractivity contribution in [1.82, 2.24) is 9.80 Å². The number of rotatable bonds is 4. The molecule has 2 atom stereocenters. The second-order valence-corrected chi connectivity index (χ2v) is 6.99. The zero-order valence-corrected chi connectivity index (χ0v) is 12.3. The minimum atomic E-state index is 0.703. The number of fused-ring (bicyclic) bond motifs is 1. The summed E-state index contributed by atoms with van der Waals surface area (Å²) in [5.74, 6) is 0. The number of piperazine rings is 1. The summed E-state index contributed by atoms with van der Waals surface area (Å²) in [5.41, 5.74) is 0.703. The highest BCUT2D eigenvalue weighted by atomic mass is 15.3. The Labute approximate surface area is 113 Å². The van der Waals surface area contributed by atoms with E-state index in [2.05, 4.69) is 23.6 Å². The monoisotopic (exact) mass is 250 g/mol. The normalized spacial score (nSPS) is 36.3. The first-order valence-electron chi connectivity index (χ1n) is 8.24. The van der Waals surface area contributed by atoms with Crippen LogP contribution in [0.5, 0.6) is 0 Å². The molecule has 104 valence electrons. The number of hydrogen-bond acceptors (Lipinski definition) is 2. The minimum absolute atomic E-state index is 0.703. The van der Waals surface area contributed by atoms with E-state index in [1.54, 1.807) is 0 Å². The maximum absolute atomic E-state index is 2.87. The Morgan fingerprint density at radius 3 is 2.56 bits per heavy atom. The quantitative estimate of drug-likeness (QED) is 0.756. The third kappa shape index (κ3) is 2.22. The molecule has 2 heterocycles. The molecule has 1 saturated carbocycles. The summed E-state index contributed by atoms with van der Waals surface area (Å²) in [5, 5.41) is 0. The molecule has 3 rings (SSSR count). The van der Waals surface area contributed by atoms with Gasteiger partial charge in [-0.25, -0.2) is 0 Å². The first kappa shape index (κ1) is 12.9. The van der Waals surface area contributed by atoms with Crippen LogP contribution in [-0.4, -0.2) is 48.1 Å². The van der Waals surface area contributed by atoms with Crippen LogP contribution in [0.25, 0.3) is 0 Å². The summed E-state index contributed by atoms with van der Waals surface area (Å²) in [6.07, 6.45) is 10.1. The molecule has 0 bridgehead atoms. The van der Waals surface area contributed by atoms with Crippen molar-refractivity contribution in [3.63, 3.8) is 0 Å². The lowest BCUT2D eigenvalue weighted by molar-refractivity contribution is -0.0114. The molecule has 3 fully saturated rings. The molecule has 2 nitrogen and oxygen atoms in total. The van der Waals surface area contributed by atoms with Crippen LogP contribution in [0.1, 0.15) is 58.8 Å². The summed E-state index contributed by atoms with van der Waals surface area (Å²) in [6, 6.07) is 1.73. The van der Waals surface area contributed by atoms with Crippen molar-refractivity contribution in [2.45, 2.75) is 70.9 Å². The molecular weight excluding hydrogens is 220 g/mol. The predicted octanol–water partition coefficient (Wildman–Crippen LogP) is 3.13. The van der Waals surface area contributed by atoms with E-state index in [1.165, 1.54) is 71.1 Å². The van der Waals surface area contributed by atoms with E-state index in [4.69, 9.17) is 0 Å². The molecule has 0 aromatic heterocycles. The molecule has 0 radical (unpaired) electrons. The highest BCUT2D eigenvalue weighted by Gasteiger charge is 2.41. The fourth-order valence-electron chi connectivity index (χ4n) is 4.46. The van der Waals surface area contributed by atoms with Crippen molar-refractivity contribution >= 4 is 0 Å². The van der Waals surface area contributed by atoms with E-state index in [1.807, 2.05) is 0 Å². The van der Waals surface area contributed by atoms with Crippen molar-refractivity contribution in [3.05, 3.63) is 0 Å². The van der Waals surface area contributed by atoms with Gasteiger partial charge in [0.15, 0.2) is 0 Å². The van der Waals surface area contributed by atoms with E-state index in [-0.39, 0.29) is 0 Å². The zero-order chi connectivity index (χ0) is 12.6. The van der Waals surface area contributed by atoms with E-state index in [0.717, 1.165) is 12.1 Å². The number of nitrogens with zero attached hydrogens (tertiary/aromatic N) is 2. The van der Waals surface area contributed by atoms with E-state index in [9.17, 15) is 0 Å². The lowest BCUT2D eigenvalue weighted by Crippen LogP contribution is -2.58. The molecule has 3 aliphatic rings. The summed E-state index contributed by atoms with van der Waals surface area (Å²) >= 11 is 0. The summed E-state index contributed by atoms with van der Waals surface area (Å²) < 4.78 is 0. The summed E-state index contributed by atoms with van der Waals surface area (Å²) in [6.45, 7) is 10.3. The Hall–Kier alpha value is -0.0800. The average Bonchev–Trinajstić information content (AvgIpc) is 2.79. The molecule has 1 aliphatic carbocycles. The van der Waals surface area contributed by atoms with Gasteiger partial charge in [-0.2, -0.15) is 0 Å². The Bertz CT molecular complexity index is 279. The molecule has 0 spiro atoms. The van der Waals surface area contributed by atoms with E-state index in [0.29, 0.717) is 5.41 Å². The molecule has 18 heavy (non-hydrogen) atoms. The fraction of sp³-hybridized carbons (Fsp3) is 1.00. The van der Waals surface area contributed by atoms with Gasteiger partial charge >= 0.3 is 0 Å². The Kier molecular flexibility index (Phi) is 3.68. The minimum Gasteiger partial charge on any atom is -0.298 e.